The molecule has 0 bridgehead atoms. The molecule has 0 N–H and O–H groups in total. The molecule has 2 aliphatic rings. The van der Waals surface area contributed by atoms with Crippen molar-refractivity contribution in [3.05, 3.63) is 47.9 Å². The molecule has 4 rings (SSSR count). The highest BCUT2D eigenvalue weighted by Crippen LogP contribution is 2.27. The minimum Gasteiger partial charge on any atom is -0.348 e. The van der Waals surface area contributed by atoms with E-state index in [1.807, 2.05) is 17.1 Å². The molecule has 0 radical (unpaired) electrons. The number of anilines is 1. The van der Waals surface area contributed by atoms with Crippen molar-refractivity contribution in [2.75, 3.05) is 17.7 Å². The van der Waals surface area contributed by atoms with E-state index in [0.29, 0.717) is 42.3 Å². The fourth-order valence-electron chi connectivity index (χ4n) is 3.58. The number of hydrogen-bond donors (Lipinski definition) is 0. The smallest absolute Gasteiger partial charge is 0.260 e. The molecule has 2 atom stereocenters. The summed E-state index contributed by atoms with van der Waals surface area (Å²) in [5.41, 5.74) is 1.23. The Morgan fingerprint density at radius 1 is 1.43 bits per heavy atom. The first-order valence-corrected chi connectivity index (χ1v) is 11.0. The molecule has 9 heteroatoms. The molecule has 0 saturated heterocycles. The van der Waals surface area contributed by atoms with E-state index in [2.05, 4.69) is 20.5 Å². The van der Waals surface area contributed by atoms with Gasteiger partial charge in [-0.1, -0.05) is 12.2 Å². The summed E-state index contributed by atoms with van der Waals surface area (Å²) in [4.78, 5) is 19.2. The molecule has 0 fully saturated rings. The van der Waals surface area contributed by atoms with Gasteiger partial charge in [-0.2, -0.15) is 14.7 Å². The van der Waals surface area contributed by atoms with Gasteiger partial charge in [-0.3, -0.25) is 9.48 Å². The number of fused-ring (bicyclic) bond motifs is 1. The molecule has 8 nitrogen and oxygen atoms in total. The molecular formula is C19H20N6O2S. The first kappa shape index (κ1) is 18.4. The lowest BCUT2D eigenvalue weighted by Gasteiger charge is -2.29. The number of nitrogens with zero attached hydrogens (tertiary/aromatic N) is 6. The number of allylic oxidation sites excluding steroid dienone is 1. The van der Waals surface area contributed by atoms with Crippen molar-refractivity contribution < 1.29 is 9.00 Å². The van der Waals surface area contributed by atoms with Crippen molar-refractivity contribution in [1.29, 1.82) is 5.26 Å². The maximum atomic E-state index is 13.3. The van der Waals surface area contributed by atoms with Crippen LogP contribution in [0.3, 0.4) is 0 Å². The van der Waals surface area contributed by atoms with Crippen LogP contribution in [0, 0.1) is 17.2 Å². The standard InChI is InChI=1S/C19H20N6O2S/c1-28(27,23-19(26)14-5-2-3-6-14)17-12-22-25-10-9-24(13-16(17)25)18-15(11-20)7-4-8-21-18/h2,4-5,7-8,12,14H,3,6,9-10,13H2,1H3. The number of aromatic nitrogens is 3. The topological polar surface area (TPSA) is 104 Å². The van der Waals surface area contributed by atoms with Crippen LogP contribution in [0.2, 0.25) is 0 Å². The summed E-state index contributed by atoms with van der Waals surface area (Å²) in [5, 5.41) is 13.7. The maximum absolute atomic E-state index is 13.3. The Morgan fingerprint density at radius 2 is 2.29 bits per heavy atom. The summed E-state index contributed by atoms with van der Waals surface area (Å²) < 4.78 is 19.2. The second-order valence-corrected chi connectivity index (χ2v) is 9.16. The van der Waals surface area contributed by atoms with Gasteiger partial charge in [0.15, 0.2) is 0 Å². The average Bonchev–Trinajstić information content (AvgIpc) is 3.37. The molecule has 0 spiro atoms. The lowest BCUT2D eigenvalue weighted by molar-refractivity contribution is -0.120. The van der Waals surface area contributed by atoms with Gasteiger partial charge in [-0.05, 0) is 25.0 Å². The summed E-state index contributed by atoms with van der Waals surface area (Å²) in [7, 11) is -2.92. The number of rotatable bonds is 3. The Labute approximate surface area is 163 Å². The van der Waals surface area contributed by atoms with Gasteiger partial charge in [0.25, 0.3) is 5.91 Å². The SMILES string of the molecule is CS(=O)(=NC(=O)C1C=CCC1)c1cnn2c1CN(c1ncccc1C#N)CC2. The van der Waals surface area contributed by atoms with Crippen LogP contribution in [0.4, 0.5) is 5.82 Å². The van der Waals surface area contributed by atoms with Crippen molar-refractivity contribution >= 4 is 21.5 Å². The van der Waals surface area contributed by atoms with Crippen LogP contribution >= 0.6 is 0 Å². The summed E-state index contributed by atoms with van der Waals surface area (Å²) in [6.07, 6.45) is 10.0. The van der Waals surface area contributed by atoms with Crippen molar-refractivity contribution in [2.24, 2.45) is 10.3 Å². The quantitative estimate of drug-likeness (QED) is 0.736. The van der Waals surface area contributed by atoms with Crippen molar-refractivity contribution in [3.8, 4) is 6.07 Å². The van der Waals surface area contributed by atoms with Crippen LogP contribution in [0.15, 0.2) is 45.9 Å². The van der Waals surface area contributed by atoms with E-state index in [1.165, 1.54) is 6.26 Å². The molecular weight excluding hydrogens is 376 g/mol. The van der Waals surface area contributed by atoms with E-state index in [9.17, 15) is 14.3 Å². The van der Waals surface area contributed by atoms with Crippen LogP contribution in [0.5, 0.6) is 0 Å². The zero-order valence-electron chi connectivity index (χ0n) is 15.5. The molecule has 1 amide bonds. The van der Waals surface area contributed by atoms with E-state index < -0.39 is 9.73 Å². The maximum Gasteiger partial charge on any atom is 0.260 e. The van der Waals surface area contributed by atoms with Gasteiger partial charge in [0.05, 0.1) is 51.1 Å². The molecule has 0 aromatic carbocycles. The predicted octanol–water partition coefficient (Wildman–Crippen LogP) is 2.12. The number of nitriles is 1. The average molecular weight is 396 g/mol. The third-order valence-corrected chi connectivity index (χ3v) is 6.73. The molecule has 1 aliphatic heterocycles. The highest BCUT2D eigenvalue weighted by molar-refractivity contribution is 7.93. The van der Waals surface area contributed by atoms with Gasteiger partial charge in [-0.25, -0.2) is 9.19 Å². The van der Waals surface area contributed by atoms with Gasteiger partial charge >= 0.3 is 0 Å². The number of pyridine rings is 1. The van der Waals surface area contributed by atoms with E-state index in [1.54, 1.807) is 29.2 Å². The molecule has 28 heavy (non-hydrogen) atoms. The summed E-state index contributed by atoms with van der Waals surface area (Å²) in [6.45, 7) is 1.61. The first-order valence-electron chi connectivity index (χ1n) is 9.07. The fourth-order valence-corrected chi connectivity index (χ4v) is 5.01. The zero-order chi connectivity index (χ0) is 19.7. The Morgan fingerprint density at radius 3 is 3.04 bits per heavy atom. The molecule has 2 aromatic rings. The molecule has 2 unspecified atom stereocenters. The van der Waals surface area contributed by atoms with Gasteiger partial charge in [0.2, 0.25) is 0 Å². The van der Waals surface area contributed by atoms with Crippen LogP contribution in [0.1, 0.15) is 24.1 Å². The lowest BCUT2D eigenvalue weighted by Crippen LogP contribution is -2.35. The van der Waals surface area contributed by atoms with Crippen LogP contribution in [0.25, 0.3) is 0 Å². The van der Waals surface area contributed by atoms with Crippen molar-refractivity contribution in [2.45, 2.75) is 30.8 Å². The molecule has 2 aromatic heterocycles. The van der Waals surface area contributed by atoms with E-state index in [-0.39, 0.29) is 11.8 Å². The fraction of sp³-hybridized carbons (Fsp3) is 0.368. The molecule has 144 valence electrons. The zero-order valence-corrected chi connectivity index (χ0v) is 16.3. The Bertz CT molecular complexity index is 1120. The number of hydrogen-bond acceptors (Lipinski definition) is 6. The monoisotopic (exact) mass is 396 g/mol. The minimum atomic E-state index is -2.92. The number of carbonyl (C=O) groups excluding carboxylic acids is 1. The first-order chi connectivity index (χ1) is 13.5. The summed E-state index contributed by atoms with van der Waals surface area (Å²) in [5.74, 6) is -0.0316. The Kier molecular flexibility index (Phi) is 4.73. The molecule has 3 heterocycles. The van der Waals surface area contributed by atoms with Gasteiger partial charge in [0.1, 0.15) is 11.9 Å². The third-order valence-electron chi connectivity index (χ3n) is 5.04. The third kappa shape index (κ3) is 3.31. The van der Waals surface area contributed by atoms with Gasteiger partial charge in [-0.15, -0.1) is 0 Å². The Hall–Kier alpha value is -2.99. The second kappa shape index (κ2) is 7.20. The van der Waals surface area contributed by atoms with E-state index in [0.717, 1.165) is 12.1 Å². The van der Waals surface area contributed by atoms with E-state index in [4.69, 9.17) is 0 Å². The summed E-state index contributed by atoms with van der Waals surface area (Å²) in [6, 6.07) is 5.61. The highest BCUT2D eigenvalue weighted by atomic mass is 32.2. The molecule has 0 saturated carbocycles. The van der Waals surface area contributed by atoms with Crippen LogP contribution < -0.4 is 4.90 Å². The van der Waals surface area contributed by atoms with E-state index >= 15 is 0 Å². The van der Waals surface area contributed by atoms with Crippen LogP contribution in [-0.4, -0.2) is 37.7 Å². The predicted molar refractivity (Wildman–Crippen MR) is 104 cm³/mol. The number of carbonyl (C=O) groups is 1. The Balaban J connectivity index is 1.67. The summed E-state index contributed by atoms with van der Waals surface area (Å²) >= 11 is 0. The minimum absolute atomic E-state index is 0.282. The van der Waals surface area contributed by atoms with Gasteiger partial charge in [0, 0.05) is 19.0 Å². The van der Waals surface area contributed by atoms with Crippen molar-refractivity contribution in [3.63, 3.8) is 0 Å². The van der Waals surface area contributed by atoms with Gasteiger partial charge < -0.3 is 4.90 Å². The highest BCUT2D eigenvalue weighted by Gasteiger charge is 2.27. The normalized spacial score (nSPS) is 20.3. The lowest BCUT2D eigenvalue weighted by atomic mass is 10.1. The van der Waals surface area contributed by atoms with Crippen molar-refractivity contribution in [1.82, 2.24) is 14.8 Å². The molecule has 1 aliphatic carbocycles. The largest absolute Gasteiger partial charge is 0.348 e. The second-order valence-electron chi connectivity index (χ2n) is 6.93. The van der Waals surface area contributed by atoms with Crippen LogP contribution in [-0.2, 0) is 27.6 Å². The number of amides is 1.